The van der Waals surface area contributed by atoms with Crippen molar-refractivity contribution in [3.63, 3.8) is 0 Å². The monoisotopic (exact) mass is 514 g/mol. The van der Waals surface area contributed by atoms with Crippen LogP contribution in [0.5, 0.6) is 0 Å². The van der Waals surface area contributed by atoms with E-state index >= 15 is 0 Å². The van der Waals surface area contributed by atoms with Crippen LogP contribution in [0, 0.1) is 0 Å². The summed E-state index contributed by atoms with van der Waals surface area (Å²) >= 11 is 4.76. The molecule has 0 aliphatic carbocycles. The molecule has 3 aromatic rings. The van der Waals surface area contributed by atoms with E-state index in [0.717, 1.165) is 22.2 Å². The smallest absolute Gasteiger partial charge is 0.365 e. The number of carbonyl (C=O) groups excluding carboxylic acids is 1. The first kappa shape index (κ1) is 23.5. The number of amides is 1. The first-order valence-electron chi connectivity index (χ1n) is 9.58. The summed E-state index contributed by atoms with van der Waals surface area (Å²) in [6.07, 6.45) is -2.21. The molecule has 31 heavy (non-hydrogen) atoms. The highest BCUT2D eigenvalue weighted by Gasteiger charge is 2.35. The topological polar surface area (TPSA) is 86.9 Å². The van der Waals surface area contributed by atoms with Crippen molar-refractivity contribution in [3.8, 4) is 11.3 Å². The summed E-state index contributed by atoms with van der Waals surface area (Å²) in [6.45, 7) is 2.00. The van der Waals surface area contributed by atoms with Crippen molar-refractivity contribution >= 4 is 33.2 Å². The van der Waals surface area contributed by atoms with Crippen LogP contribution in [0.25, 0.3) is 11.3 Å². The van der Waals surface area contributed by atoms with E-state index in [1.54, 1.807) is 24.0 Å². The lowest BCUT2D eigenvalue weighted by Crippen LogP contribution is -2.21. The molecule has 1 amide bonds. The van der Waals surface area contributed by atoms with Gasteiger partial charge >= 0.3 is 6.18 Å². The molecule has 3 rings (SSSR count). The first-order valence-corrected chi connectivity index (χ1v) is 11.2. The molecule has 2 heterocycles. The van der Waals surface area contributed by atoms with Gasteiger partial charge in [-0.2, -0.15) is 18.3 Å². The Hall–Kier alpha value is -2.17. The first-order chi connectivity index (χ1) is 14.6. The molecule has 166 valence electrons. The second-order valence-corrected chi connectivity index (χ2v) is 9.08. The molecule has 0 unspecified atom stereocenters. The van der Waals surface area contributed by atoms with E-state index in [4.69, 9.17) is 11.5 Å². The molecule has 0 saturated heterocycles. The molecule has 0 bridgehead atoms. The average Bonchev–Trinajstić information content (AvgIpc) is 3.24. The minimum absolute atomic E-state index is 0.0226. The molecule has 4 N–H and O–H groups in total. The maximum absolute atomic E-state index is 13.6. The number of hydrogen-bond acceptors (Lipinski definition) is 4. The highest BCUT2D eigenvalue weighted by molar-refractivity contribution is 9.10. The van der Waals surface area contributed by atoms with E-state index < -0.39 is 23.6 Å². The van der Waals surface area contributed by atoms with Crippen molar-refractivity contribution < 1.29 is 18.0 Å². The molecule has 0 saturated carbocycles. The molecule has 0 spiro atoms. The maximum atomic E-state index is 13.6. The lowest BCUT2D eigenvalue weighted by atomic mass is 9.86. The molecule has 1 atom stereocenters. The second kappa shape index (κ2) is 9.13. The number of aryl methyl sites for hydroxylation is 2. The Morgan fingerprint density at radius 3 is 2.52 bits per heavy atom. The van der Waals surface area contributed by atoms with Crippen LogP contribution in [-0.4, -0.2) is 22.2 Å². The summed E-state index contributed by atoms with van der Waals surface area (Å²) in [4.78, 5) is 13.5. The van der Waals surface area contributed by atoms with Crippen LogP contribution in [0.1, 0.15) is 44.1 Å². The van der Waals surface area contributed by atoms with Crippen LogP contribution in [0.15, 0.2) is 34.9 Å². The Balaban J connectivity index is 2.23. The fourth-order valence-corrected chi connectivity index (χ4v) is 5.53. The van der Waals surface area contributed by atoms with Gasteiger partial charge in [-0.15, -0.1) is 11.3 Å². The number of hydrogen-bond donors (Lipinski definition) is 2. The predicted octanol–water partition coefficient (Wildman–Crippen LogP) is 4.88. The normalized spacial score (nSPS) is 12.9. The van der Waals surface area contributed by atoms with Gasteiger partial charge in [-0.25, -0.2) is 0 Å². The average molecular weight is 515 g/mol. The molecular weight excluding hydrogens is 493 g/mol. The van der Waals surface area contributed by atoms with Gasteiger partial charge in [0.15, 0.2) is 0 Å². The third-order valence-electron chi connectivity index (χ3n) is 5.18. The summed E-state index contributed by atoms with van der Waals surface area (Å²) in [5.74, 6) is -1.17. The summed E-state index contributed by atoms with van der Waals surface area (Å²) in [5.41, 5.74) is 13.2. The fourth-order valence-electron chi connectivity index (χ4n) is 3.81. The van der Waals surface area contributed by atoms with Crippen LogP contribution in [0.4, 0.5) is 13.2 Å². The van der Waals surface area contributed by atoms with Gasteiger partial charge in [-0.05, 0) is 52.5 Å². The van der Waals surface area contributed by atoms with Gasteiger partial charge in [-0.3, -0.25) is 9.48 Å². The molecule has 1 aromatic carbocycles. The van der Waals surface area contributed by atoms with Crippen molar-refractivity contribution in [1.82, 2.24) is 9.78 Å². The highest BCUT2D eigenvalue weighted by atomic mass is 79.9. The van der Waals surface area contributed by atoms with E-state index in [-0.39, 0.29) is 18.5 Å². The highest BCUT2D eigenvalue weighted by Crippen LogP contribution is 2.44. The predicted molar refractivity (Wildman–Crippen MR) is 119 cm³/mol. The summed E-state index contributed by atoms with van der Waals surface area (Å²) < 4.78 is 43.1. The molecule has 0 aliphatic heterocycles. The van der Waals surface area contributed by atoms with Crippen LogP contribution < -0.4 is 11.5 Å². The molecule has 0 fully saturated rings. The Bertz CT molecular complexity index is 1090. The van der Waals surface area contributed by atoms with Crippen LogP contribution >= 0.6 is 27.3 Å². The molecule has 10 heteroatoms. The van der Waals surface area contributed by atoms with Gasteiger partial charge < -0.3 is 11.5 Å². The van der Waals surface area contributed by atoms with Gasteiger partial charge in [0.05, 0.1) is 26.8 Å². The van der Waals surface area contributed by atoms with E-state index in [1.807, 2.05) is 6.92 Å². The van der Waals surface area contributed by atoms with Gasteiger partial charge in [0, 0.05) is 23.4 Å². The zero-order valence-electron chi connectivity index (χ0n) is 17.0. The molecular formula is C21H22BrF3N4OS. The van der Waals surface area contributed by atoms with Crippen LogP contribution in [-0.2, 0) is 26.1 Å². The minimum Gasteiger partial charge on any atom is -0.365 e. The number of alkyl halides is 3. The molecule has 0 aliphatic rings. The molecule has 0 radical (unpaired) electrons. The number of aromatic nitrogens is 2. The number of carbonyl (C=O) groups is 1. The third-order valence-corrected chi connectivity index (χ3v) is 7.12. The Labute approximate surface area is 190 Å². The van der Waals surface area contributed by atoms with Crippen LogP contribution in [0.2, 0.25) is 0 Å². The Morgan fingerprint density at radius 2 is 2.00 bits per heavy atom. The van der Waals surface area contributed by atoms with Crippen molar-refractivity contribution in [2.24, 2.45) is 18.5 Å². The van der Waals surface area contributed by atoms with Crippen molar-refractivity contribution in [3.05, 3.63) is 61.4 Å². The van der Waals surface area contributed by atoms with Gasteiger partial charge in [0.2, 0.25) is 0 Å². The van der Waals surface area contributed by atoms with Gasteiger partial charge in [0.1, 0.15) is 0 Å². The number of primary amides is 1. The van der Waals surface area contributed by atoms with Crippen LogP contribution in [0.3, 0.4) is 0 Å². The number of halogens is 4. The van der Waals surface area contributed by atoms with E-state index in [0.29, 0.717) is 21.3 Å². The van der Waals surface area contributed by atoms with Gasteiger partial charge in [0.25, 0.3) is 5.91 Å². The maximum Gasteiger partial charge on any atom is 0.416 e. The Kier molecular flexibility index (Phi) is 6.92. The zero-order valence-corrected chi connectivity index (χ0v) is 19.4. The van der Waals surface area contributed by atoms with E-state index in [1.165, 1.54) is 23.5 Å². The zero-order chi connectivity index (χ0) is 22.9. The van der Waals surface area contributed by atoms with E-state index in [9.17, 15) is 18.0 Å². The largest absolute Gasteiger partial charge is 0.416 e. The lowest BCUT2D eigenvalue weighted by Gasteiger charge is -2.21. The number of nitrogens with two attached hydrogens (primary N) is 2. The standard InChI is InChI=1S/C21H22BrF3N4OS/c1-3-15-17(18-14(22)10-28-29(18)2)16(19(31-15)20(27)30)12(9-26)8-11-6-4-5-7-13(11)21(23,24)25/h4-7,10,12H,3,8-9,26H2,1-2H3,(H2,27,30)/t12-/m1/s1. The van der Waals surface area contributed by atoms with Gasteiger partial charge in [-0.1, -0.05) is 25.1 Å². The van der Waals surface area contributed by atoms with Crippen molar-refractivity contribution in [2.75, 3.05) is 6.54 Å². The van der Waals surface area contributed by atoms with E-state index in [2.05, 4.69) is 21.0 Å². The third kappa shape index (κ3) is 4.56. The number of benzene rings is 1. The van der Waals surface area contributed by atoms with Crippen molar-refractivity contribution in [1.29, 1.82) is 0 Å². The molecule has 5 nitrogen and oxygen atoms in total. The summed E-state index contributed by atoms with van der Waals surface area (Å²) in [5, 5.41) is 4.26. The number of rotatable bonds is 7. The lowest BCUT2D eigenvalue weighted by molar-refractivity contribution is -0.138. The minimum atomic E-state index is -4.49. The second-order valence-electron chi connectivity index (χ2n) is 7.12. The summed E-state index contributed by atoms with van der Waals surface area (Å²) in [7, 11) is 1.77. The quantitative estimate of drug-likeness (QED) is 0.471. The number of nitrogens with zero attached hydrogens (tertiary/aromatic N) is 2. The molecule has 2 aromatic heterocycles. The van der Waals surface area contributed by atoms with Crippen molar-refractivity contribution in [2.45, 2.75) is 31.9 Å². The fraction of sp³-hybridized carbons (Fsp3) is 0.333. The SMILES string of the molecule is CCc1sc(C(N)=O)c([C@@H](CN)Cc2ccccc2C(F)(F)F)c1-c1c(Br)cnn1C. The number of thiophene rings is 1. The Morgan fingerprint density at radius 1 is 1.32 bits per heavy atom. The summed E-state index contributed by atoms with van der Waals surface area (Å²) in [6, 6.07) is 5.43.